The van der Waals surface area contributed by atoms with Crippen molar-refractivity contribution in [3.63, 3.8) is 0 Å². The average molecular weight is 367 g/mol. The minimum atomic E-state index is 0.961. The van der Waals surface area contributed by atoms with Gasteiger partial charge < -0.3 is 0 Å². The fourth-order valence-electron chi connectivity index (χ4n) is 4.39. The maximum atomic E-state index is 2.56. The fourth-order valence-corrected chi connectivity index (χ4v) is 4.39. The summed E-state index contributed by atoms with van der Waals surface area (Å²) in [6.45, 7) is 9.53. The summed E-state index contributed by atoms with van der Waals surface area (Å²) >= 11 is 0. The molecule has 0 aromatic heterocycles. The lowest BCUT2D eigenvalue weighted by Crippen LogP contribution is -2.12. The summed E-state index contributed by atoms with van der Waals surface area (Å²) in [5.74, 6) is 1.97. The van der Waals surface area contributed by atoms with Gasteiger partial charge in [-0.3, -0.25) is 0 Å². The molecule has 0 saturated heterocycles. The molecule has 0 aromatic rings. The monoisotopic (exact) mass is 366 g/mol. The van der Waals surface area contributed by atoms with E-state index in [2.05, 4.69) is 27.7 Å². The Morgan fingerprint density at radius 1 is 0.385 bits per heavy atom. The van der Waals surface area contributed by atoms with E-state index in [1.54, 1.807) is 0 Å². The normalized spacial score (nSPS) is 13.8. The van der Waals surface area contributed by atoms with Crippen LogP contribution in [0.1, 0.15) is 156 Å². The zero-order valence-electron chi connectivity index (χ0n) is 19.3. The van der Waals surface area contributed by atoms with Crippen molar-refractivity contribution in [2.24, 2.45) is 11.8 Å². The summed E-state index contributed by atoms with van der Waals surface area (Å²) in [6.07, 6.45) is 29.2. The van der Waals surface area contributed by atoms with Crippen LogP contribution in [0, 0.1) is 11.8 Å². The topological polar surface area (TPSA) is 0 Å². The van der Waals surface area contributed by atoms with Crippen molar-refractivity contribution in [3.05, 3.63) is 0 Å². The van der Waals surface area contributed by atoms with E-state index in [-0.39, 0.29) is 0 Å². The highest BCUT2D eigenvalue weighted by Gasteiger charge is 2.16. The first kappa shape index (κ1) is 26.0. The lowest BCUT2D eigenvalue weighted by Gasteiger charge is -2.24. The first-order valence-corrected chi connectivity index (χ1v) is 12.8. The lowest BCUT2D eigenvalue weighted by molar-refractivity contribution is 0.275. The van der Waals surface area contributed by atoms with E-state index >= 15 is 0 Å². The molecule has 0 radical (unpaired) electrons. The molecule has 0 bridgehead atoms. The molecule has 0 aromatic carbocycles. The van der Waals surface area contributed by atoms with Gasteiger partial charge in [0, 0.05) is 0 Å². The summed E-state index contributed by atoms with van der Waals surface area (Å²) in [4.78, 5) is 0. The Morgan fingerprint density at radius 2 is 0.692 bits per heavy atom. The third-order valence-electron chi connectivity index (χ3n) is 6.42. The Morgan fingerprint density at radius 3 is 1.15 bits per heavy atom. The maximum Gasteiger partial charge on any atom is -0.0388 e. The Balaban J connectivity index is 3.86. The van der Waals surface area contributed by atoms with Crippen LogP contribution in [-0.2, 0) is 0 Å². The molecular weight excluding hydrogens is 312 g/mol. The van der Waals surface area contributed by atoms with E-state index in [0.29, 0.717) is 0 Å². The van der Waals surface area contributed by atoms with E-state index in [0.717, 1.165) is 11.8 Å². The first-order valence-electron chi connectivity index (χ1n) is 12.8. The summed E-state index contributed by atoms with van der Waals surface area (Å²) in [5.41, 5.74) is 0. The number of hydrogen-bond donors (Lipinski definition) is 0. The molecule has 0 fully saturated rings. The predicted molar refractivity (Wildman–Crippen MR) is 122 cm³/mol. The molecule has 0 aliphatic carbocycles. The molecule has 2 atom stereocenters. The molecule has 26 heavy (non-hydrogen) atoms. The van der Waals surface area contributed by atoms with Crippen LogP contribution in [0.5, 0.6) is 0 Å². The summed E-state index contributed by atoms with van der Waals surface area (Å²) in [5, 5.41) is 0. The van der Waals surface area contributed by atoms with Crippen LogP contribution in [0.15, 0.2) is 0 Å². The van der Waals surface area contributed by atoms with Gasteiger partial charge in [-0.15, -0.1) is 0 Å². The van der Waals surface area contributed by atoms with E-state index in [4.69, 9.17) is 0 Å². The summed E-state index contributed by atoms with van der Waals surface area (Å²) in [7, 11) is 0. The van der Waals surface area contributed by atoms with E-state index < -0.39 is 0 Å². The van der Waals surface area contributed by atoms with Gasteiger partial charge in [-0.05, 0) is 11.8 Å². The maximum absolute atomic E-state index is 2.56. The molecule has 0 aliphatic rings. The predicted octanol–water partition coefficient (Wildman–Crippen LogP) is 10.1. The van der Waals surface area contributed by atoms with Crippen molar-refractivity contribution in [2.45, 2.75) is 156 Å². The second-order valence-corrected chi connectivity index (χ2v) is 9.05. The third-order valence-corrected chi connectivity index (χ3v) is 6.42. The highest BCUT2D eigenvalue weighted by Crippen LogP contribution is 2.29. The van der Waals surface area contributed by atoms with Gasteiger partial charge in [-0.1, -0.05) is 156 Å². The minimum Gasteiger partial charge on any atom is -0.0654 e. The smallest absolute Gasteiger partial charge is 0.0388 e. The Kier molecular flexibility index (Phi) is 21.3. The zero-order chi connectivity index (χ0) is 19.3. The number of hydrogen-bond acceptors (Lipinski definition) is 0. The van der Waals surface area contributed by atoms with E-state index in [1.807, 2.05) is 0 Å². The van der Waals surface area contributed by atoms with Crippen molar-refractivity contribution >= 4 is 0 Å². The van der Waals surface area contributed by atoms with Gasteiger partial charge in [0.25, 0.3) is 0 Å². The van der Waals surface area contributed by atoms with Crippen molar-refractivity contribution in [2.75, 3.05) is 0 Å². The van der Waals surface area contributed by atoms with Crippen LogP contribution in [0.3, 0.4) is 0 Å². The molecular formula is C26H54. The van der Waals surface area contributed by atoms with E-state index in [9.17, 15) is 0 Å². The fraction of sp³-hybridized carbons (Fsp3) is 1.00. The average Bonchev–Trinajstić information content (AvgIpc) is 2.65. The number of rotatable bonds is 21. The van der Waals surface area contributed by atoms with Crippen molar-refractivity contribution in [1.82, 2.24) is 0 Å². The molecule has 0 rings (SSSR count). The van der Waals surface area contributed by atoms with Gasteiger partial charge in [0.1, 0.15) is 0 Å². The zero-order valence-corrected chi connectivity index (χ0v) is 19.3. The van der Waals surface area contributed by atoms with Crippen LogP contribution in [0.4, 0.5) is 0 Å². The SMILES string of the molecule is CCCCCCCCCCC(CCCCC)C(C)CCCCCCCC. The lowest BCUT2D eigenvalue weighted by atomic mass is 9.82. The van der Waals surface area contributed by atoms with E-state index in [1.165, 1.54) is 128 Å². The van der Waals surface area contributed by atoms with Gasteiger partial charge in [0.15, 0.2) is 0 Å². The van der Waals surface area contributed by atoms with Gasteiger partial charge in [0.2, 0.25) is 0 Å². The van der Waals surface area contributed by atoms with Crippen LogP contribution >= 0.6 is 0 Å². The largest absolute Gasteiger partial charge is 0.0654 e. The molecule has 0 amide bonds. The molecule has 0 N–H and O–H groups in total. The highest BCUT2D eigenvalue weighted by atomic mass is 14.2. The Bertz CT molecular complexity index is 244. The molecule has 0 nitrogen and oxygen atoms in total. The van der Waals surface area contributed by atoms with Gasteiger partial charge in [-0.2, -0.15) is 0 Å². The molecule has 0 heteroatoms. The Hall–Kier alpha value is 0. The minimum absolute atomic E-state index is 0.961. The van der Waals surface area contributed by atoms with Gasteiger partial charge >= 0.3 is 0 Å². The summed E-state index contributed by atoms with van der Waals surface area (Å²) in [6, 6.07) is 0. The van der Waals surface area contributed by atoms with Crippen molar-refractivity contribution < 1.29 is 0 Å². The van der Waals surface area contributed by atoms with Crippen LogP contribution in [-0.4, -0.2) is 0 Å². The summed E-state index contributed by atoms with van der Waals surface area (Å²) < 4.78 is 0. The first-order chi connectivity index (χ1) is 12.8. The second kappa shape index (κ2) is 21.3. The van der Waals surface area contributed by atoms with Gasteiger partial charge in [0.05, 0.1) is 0 Å². The van der Waals surface area contributed by atoms with Crippen LogP contribution in [0.2, 0.25) is 0 Å². The van der Waals surface area contributed by atoms with Crippen LogP contribution < -0.4 is 0 Å². The Labute approximate surface area is 168 Å². The number of unbranched alkanes of at least 4 members (excludes halogenated alkanes) is 14. The molecule has 2 unspecified atom stereocenters. The molecule has 158 valence electrons. The molecule has 0 heterocycles. The second-order valence-electron chi connectivity index (χ2n) is 9.05. The quantitative estimate of drug-likeness (QED) is 0.177. The standard InChI is InChI=1S/C26H54/c1-5-8-11-13-15-16-18-21-24-26(23-19-10-7-3)25(4)22-20-17-14-12-9-6-2/h25-26H,5-24H2,1-4H3. The highest BCUT2D eigenvalue weighted by molar-refractivity contribution is 4.68. The molecule has 0 saturated carbocycles. The molecule has 0 aliphatic heterocycles. The van der Waals surface area contributed by atoms with Crippen molar-refractivity contribution in [1.29, 1.82) is 0 Å². The third kappa shape index (κ3) is 17.4. The van der Waals surface area contributed by atoms with Gasteiger partial charge in [-0.25, -0.2) is 0 Å². The van der Waals surface area contributed by atoms with Crippen LogP contribution in [0.25, 0.3) is 0 Å². The molecule has 0 spiro atoms. The van der Waals surface area contributed by atoms with Crippen molar-refractivity contribution in [3.8, 4) is 0 Å².